The largest absolute Gasteiger partial charge is 0.481 e. The molecule has 1 heterocycles. The summed E-state index contributed by atoms with van der Waals surface area (Å²) in [5.74, 6) is -1.20. The highest BCUT2D eigenvalue weighted by molar-refractivity contribution is 5.85. The molecule has 108 valence electrons. The van der Waals surface area contributed by atoms with E-state index in [0.29, 0.717) is 19.5 Å². The Morgan fingerprint density at radius 3 is 2.53 bits per heavy atom. The number of aliphatic carboxylic acids is 1. The Kier molecular flexibility index (Phi) is 4.91. The number of likely N-dealkylation sites (tertiary alicyclic amines) is 1. The van der Waals surface area contributed by atoms with E-state index in [1.165, 1.54) is 0 Å². The van der Waals surface area contributed by atoms with Crippen molar-refractivity contribution in [2.75, 3.05) is 20.1 Å². The van der Waals surface area contributed by atoms with Crippen LogP contribution in [0, 0.1) is 11.3 Å². The molecule has 0 aliphatic carbocycles. The molecule has 0 radical (unpaired) electrons. The summed E-state index contributed by atoms with van der Waals surface area (Å²) in [6.45, 7) is 4.56. The molecule has 1 saturated heterocycles. The lowest BCUT2D eigenvalue weighted by Crippen LogP contribution is -2.40. The number of rotatable bonds is 5. The Labute approximate surface area is 113 Å². The third-order valence-corrected chi connectivity index (χ3v) is 3.65. The monoisotopic (exact) mass is 270 g/mol. The lowest BCUT2D eigenvalue weighted by Gasteiger charge is -2.23. The lowest BCUT2D eigenvalue weighted by molar-refractivity contribution is -0.138. The summed E-state index contributed by atoms with van der Waals surface area (Å²) in [7, 11) is 1.59. The molecule has 0 aromatic rings. The number of nitrogens with one attached hydrogen (secondary N) is 1. The van der Waals surface area contributed by atoms with Gasteiger partial charge in [-0.2, -0.15) is 0 Å². The summed E-state index contributed by atoms with van der Waals surface area (Å²) in [4.78, 5) is 36.0. The maximum absolute atomic E-state index is 12.0. The van der Waals surface area contributed by atoms with E-state index in [1.54, 1.807) is 18.9 Å². The Bertz CT molecular complexity index is 383. The van der Waals surface area contributed by atoms with Crippen LogP contribution in [0.15, 0.2) is 0 Å². The van der Waals surface area contributed by atoms with Gasteiger partial charge in [-0.1, -0.05) is 6.92 Å². The zero-order valence-corrected chi connectivity index (χ0v) is 11.7. The van der Waals surface area contributed by atoms with E-state index in [4.69, 9.17) is 5.11 Å². The van der Waals surface area contributed by atoms with Crippen LogP contribution >= 0.6 is 0 Å². The Morgan fingerprint density at radius 2 is 2.00 bits per heavy atom. The van der Waals surface area contributed by atoms with Crippen LogP contribution in [0.1, 0.15) is 33.1 Å². The molecule has 0 saturated carbocycles. The zero-order chi connectivity index (χ0) is 14.6. The molecule has 2 atom stereocenters. The predicted octanol–water partition coefficient (Wildman–Crippen LogP) is 0.472. The molecule has 6 nitrogen and oxygen atoms in total. The number of carbonyl (C=O) groups excluding carboxylic acids is 2. The first kappa shape index (κ1) is 15.5. The molecule has 0 aromatic heterocycles. The molecule has 1 aliphatic rings. The SMILES string of the molecule is CNC(=O)C1(C)CCN(C(=O)CC(C)CC(=O)O)C1. The average molecular weight is 270 g/mol. The first-order valence-corrected chi connectivity index (χ1v) is 6.50. The van der Waals surface area contributed by atoms with E-state index in [0.717, 1.165) is 0 Å². The fraction of sp³-hybridized carbons (Fsp3) is 0.769. The van der Waals surface area contributed by atoms with Crippen molar-refractivity contribution in [1.82, 2.24) is 10.2 Å². The smallest absolute Gasteiger partial charge is 0.303 e. The van der Waals surface area contributed by atoms with E-state index in [9.17, 15) is 14.4 Å². The van der Waals surface area contributed by atoms with Gasteiger partial charge in [0, 0.05) is 33.0 Å². The minimum absolute atomic E-state index is 0.00764. The van der Waals surface area contributed by atoms with Gasteiger partial charge in [0.25, 0.3) is 0 Å². The van der Waals surface area contributed by atoms with Crippen molar-refractivity contribution in [2.45, 2.75) is 33.1 Å². The third kappa shape index (κ3) is 3.94. The van der Waals surface area contributed by atoms with E-state index in [-0.39, 0.29) is 30.6 Å². The second-order valence-corrected chi connectivity index (χ2v) is 5.61. The van der Waals surface area contributed by atoms with Gasteiger partial charge in [-0.3, -0.25) is 14.4 Å². The fourth-order valence-electron chi connectivity index (χ4n) is 2.46. The van der Waals surface area contributed by atoms with Crippen LogP contribution < -0.4 is 5.32 Å². The van der Waals surface area contributed by atoms with Gasteiger partial charge in [-0.25, -0.2) is 0 Å². The molecular formula is C13H22N2O4. The molecule has 6 heteroatoms. The van der Waals surface area contributed by atoms with E-state index >= 15 is 0 Å². The minimum Gasteiger partial charge on any atom is -0.481 e. The second kappa shape index (κ2) is 6.04. The molecule has 0 spiro atoms. The first-order chi connectivity index (χ1) is 8.78. The van der Waals surface area contributed by atoms with Crippen LogP contribution in [-0.4, -0.2) is 47.9 Å². The van der Waals surface area contributed by atoms with Crippen LogP contribution in [0.3, 0.4) is 0 Å². The number of hydrogen-bond donors (Lipinski definition) is 2. The second-order valence-electron chi connectivity index (χ2n) is 5.61. The molecule has 2 amide bonds. The number of hydrogen-bond acceptors (Lipinski definition) is 3. The number of carboxylic acid groups (broad SMARTS) is 1. The summed E-state index contributed by atoms with van der Waals surface area (Å²) < 4.78 is 0. The maximum atomic E-state index is 12.0. The van der Waals surface area contributed by atoms with Gasteiger partial charge in [0.1, 0.15) is 0 Å². The van der Waals surface area contributed by atoms with Gasteiger partial charge in [-0.15, -0.1) is 0 Å². The quantitative estimate of drug-likeness (QED) is 0.760. The molecule has 0 aromatic carbocycles. The molecule has 1 aliphatic heterocycles. The highest BCUT2D eigenvalue weighted by atomic mass is 16.4. The lowest BCUT2D eigenvalue weighted by atomic mass is 9.89. The van der Waals surface area contributed by atoms with Gasteiger partial charge in [0.2, 0.25) is 11.8 Å². The molecule has 2 N–H and O–H groups in total. The highest BCUT2D eigenvalue weighted by Crippen LogP contribution is 2.30. The standard InChI is InChI=1S/C13H22N2O4/c1-9(7-11(17)18)6-10(16)15-5-4-13(2,8-15)12(19)14-3/h9H,4-8H2,1-3H3,(H,14,19)(H,17,18). The topological polar surface area (TPSA) is 86.7 Å². The Hall–Kier alpha value is -1.59. The summed E-state index contributed by atoms with van der Waals surface area (Å²) in [5.41, 5.74) is -0.527. The van der Waals surface area contributed by atoms with Gasteiger partial charge >= 0.3 is 5.97 Å². The third-order valence-electron chi connectivity index (χ3n) is 3.65. The van der Waals surface area contributed by atoms with Crippen molar-refractivity contribution in [2.24, 2.45) is 11.3 Å². The fourth-order valence-corrected chi connectivity index (χ4v) is 2.46. The Morgan fingerprint density at radius 1 is 1.37 bits per heavy atom. The molecule has 19 heavy (non-hydrogen) atoms. The van der Waals surface area contributed by atoms with Crippen LogP contribution in [0.25, 0.3) is 0 Å². The summed E-state index contributed by atoms with van der Waals surface area (Å²) >= 11 is 0. The van der Waals surface area contributed by atoms with Crippen LogP contribution in [0.5, 0.6) is 0 Å². The summed E-state index contributed by atoms with van der Waals surface area (Å²) in [5, 5.41) is 11.3. The maximum Gasteiger partial charge on any atom is 0.303 e. The number of carboxylic acids is 1. The van der Waals surface area contributed by atoms with Crippen molar-refractivity contribution >= 4 is 17.8 Å². The number of amides is 2. The normalized spacial score (nSPS) is 24.1. The molecule has 0 bridgehead atoms. The van der Waals surface area contributed by atoms with Gasteiger partial charge < -0.3 is 15.3 Å². The van der Waals surface area contributed by atoms with Crippen molar-refractivity contribution in [1.29, 1.82) is 0 Å². The predicted molar refractivity (Wildman–Crippen MR) is 69.4 cm³/mol. The molecule has 1 fully saturated rings. The van der Waals surface area contributed by atoms with E-state index in [2.05, 4.69) is 5.32 Å². The van der Waals surface area contributed by atoms with Crippen LogP contribution in [0.2, 0.25) is 0 Å². The summed E-state index contributed by atoms with van der Waals surface area (Å²) in [6, 6.07) is 0. The van der Waals surface area contributed by atoms with Crippen molar-refractivity contribution < 1.29 is 19.5 Å². The van der Waals surface area contributed by atoms with Crippen molar-refractivity contribution in [3.63, 3.8) is 0 Å². The Balaban J connectivity index is 2.52. The van der Waals surface area contributed by atoms with Gasteiger partial charge in [-0.05, 0) is 19.3 Å². The molecule has 1 rings (SSSR count). The van der Waals surface area contributed by atoms with E-state index < -0.39 is 11.4 Å². The van der Waals surface area contributed by atoms with Crippen molar-refractivity contribution in [3.8, 4) is 0 Å². The van der Waals surface area contributed by atoms with Gasteiger partial charge in [0.05, 0.1) is 5.41 Å². The first-order valence-electron chi connectivity index (χ1n) is 6.50. The highest BCUT2D eigenvalue weighted by Gasteiger charge is 2.41. The average Bonchev–Trinajstić information content (AvgIpc) is 2.71. The van der Waals surface area contributed by atoms with Gasteiger partial charge in [0.15, 0.2) is 0 Å². The molecular weight excluding hydrogens is 248 g/mol. The molecule has 2 unspecified atom stereocenters. The zero-order valence-electron chi connectivity index (χ0n) is 11.7. The number of carbonyl (C=O) groups is 3. The van der Waals surface area contributed by atoms with E-state index in [1.807, 2.05) is 6.92 Å². The minimum atomic E-state index is -0.892. The summed E-state index contributed by atoms with van der Waals surface area (Å²) in [6.07, 6.45) is 0.855. The van der Waals surface area contributed by atoms with Crippen molar-refractivity contribution in [3.05, 3.63) is 0 Å². The van der Waals surface area contributed by atoms with Crippen LogP contribution in [-0.2, 0) is 14.4 Å². The number of nitrogens with zero attached hydrogens (tertiary/aromatic N) is 1. The van der Waals surface area contributed by atoms with Crippen LogP contribution in [0.4, 0.5) is 0 Å².